The molecule has 0 fully saturated rings. The maximum absolute atomic E-state index is 11.9. The Morgan fingerprint density at radius 3 is 2.40 bits per heavy atom. The number of hydrogen-bond donors (Lipinski definition) is 0. The number of aryl methyl sites for hydroxylation is 1. The summed E-state index contributed by atoms with van der Waals surface area (Å²) in [5.74, 6) is 1.02. The van der Waals surface area contributed by atoms with Crippen molar-refractivity contribution in [3.8, 4) is 5.75 Å². The lowest BCUT2D eigenvalue weighted by Gasteiger charge is -2.20. The SMILES string of the molecule is COC(=O)Oc1c(C)c(C)nc(C(C)C)c1Cc1ccc(C2=CCC(=O)CC2)cc1. The van der Waals surface area contributed by atoms with Gasteiger partial charge >= 0.3 is 6.16 Å². The number of nitrogens with zero attached hydrogens (tertiary/aromatic N) is 1. The molecule has 0 N–H and O–H groups in total. The maximum Gasteiger partial charge on any atom is 0.513 e. The van der Waals surface area contributed by atoms with E-state index in [4.69, 9.17) is 14.5 Å². The Morgan fingerprint density at radius 1 is 1.13 bits per heavy atom. The molecule has 0 amide bonds. The molecule has 0 spiro atoms. The Balaban J connectivity index is 1.95. The molecule has 2 aromatic rings. The number of ether oxygens (including phenoxy) is 2. The topological polar surface area (TPSA) is 65.5 Å². The minimum absolute atomic E-state index is 0.184. The van der Waals surface area contributed by atoms with Crippen LogP contribution in [0.4, 0.5) is 4.79 Å². The second-order valence-electron chi connectivity index (χ2n) is 8.07. The molecule has 0 atom stereocenters. The molecule has 1 aromatic carbocycles. The molecule has 0 radical (unpaired) electrons. The number of allylic oxidation sites excluding steroid dienone is 2. The van der Waals surface area contributed by atoms with E-state index >= 15 is 0 Å². The third-order valence-electron chi connectivity index (χ3n) is 5.61. The van der Waals surface area contributed by atoms with E-state index in [1.54, 1.807) is 0 Å². The number of carbonyl (C=O) groups is 2. The van der Waals surface area contributed by atoms with Gasteiger partial charge in [0, 0.05) is 36.1 Å². The van der Waals surface area contributed by atoms with E-state index in [9.17, 15) is 9.59 Å². The quantitative estimate of drug-likeness (QED) is 0.595. The Kier molecular flexibility index (Phi) is 6.70. The molecule has 1 aliphatic carbocycles. The van der Waals surface area contributed by atoms with Crippen LogP contribution in [0.1, 0.15) is 72.7 Å². The molecule has 30 heavy (non-hydrogen) atoms. The standard InChI is InChI=1S/C25H29NO4/c1-15(2)23-22(24(30-25(28)29-5)16(3)17(4)26-23)14-18-6-8-19(9-7-18)20-10-12-21(27)13-11-20/h6-10,15H,11-14H2,1-5H3. The molecule has 1 aliphatic rings. The second kappa shape index (κ2) is 9.24. The first-order chi connectivity index (χ1) is 14.3. The first-order valence-corrected chi connectivity index (χ1v) is 10.4. The van der Waals surface area contributed by atoms with E-state index in [0.717, 1.165) is 40.1 Å². The minimum atomic E-state index is -0.728. The van der Waals surface area contributed by atoms with Crippen LogP contribution < -0.4 is 4.74 Å². The monoisotopic (exact) mass is 407 g/mol. The summed E-state index contributed by atoms with van der Waals surface area (Å²) in [6, 6.07) is 8.38. The predicted octanol–water partition coefficient (Wildman–Crippen LogP) is 5.69. The molecule has 3 rings (SSSR count). The van der Waals surface area contributed by atoms with Crippen LogP contribution in [-0.4, -0.2) is 24.0 Å². The summed E-state index contributed by atoms with van der Waals surface area (Å²) < 4.78 is 10.3. The van der Waals surface area contributed by atoms with Crippen molar-refractivity contribution in [3.63, 3.8) is 0 Å². The average molecular weight is 408 g/mol. The Morgan fingerprint density at radius 2 is 1.83 bits per heavy atom. The van der Waals surface area contributed by atoms with Gasteiger partial charge in [-0.3, -0.25) is 9.78 Å². The summed E-state index contributed by atoms with van der Waals surface area (Å²) in [6.45, 7) is 8.01. The lowest BCUT2D eigenvalue weighted by Crippen LogP contribution is -2.14. The van der Waals surface area contributed by atoms with Gasteiger partial charge in [-0.1, -0.05) is 44.2 Å². The molecule has 0 saturated carbocycles. The number of benzene rings is 1. The van der Waals surface area contributed by atoms with Crippen molar-refractivity contribution in [2.45, 2.75) is 59.3 Å². The zero-order valence-corrected chi connectivity index (χ0v) is 18.4. The van der Waals surface area contributed by atoms with Gasteiger partial charge in [0.2, 0.25) is 0 Å². The van der Waals surface area contributed by atoms with Crippen molar-refractivity contribution in [1.29, 1.82) is 0 Å². The average Bonchev–Trinajstić information content (AvgIpc) is 2.74. The van der Waals surface area contributed by atoms with Crippen molar-refractivity contribution in [1.82, 2.24) is 4.98 Å². The van der Waals surface area contributed by atoms with Crippen molar-refractivity contribution in [3.05, 3.63) is 64.0 Å². The molecule has 1 aromatic heterocycles. The van der Waals surface area contributed by atoms with E-state index in [-0.39, 0.29) is 5.92 Å². The highest BCUT2D eigenvalue weighted by molar-refractivity contribution is 5.86. The van der Waals surface area contributed by atoms with Gasteiger partial charge in [0.25, 0.3) is 0 Å². The zero-order valence-electron chi connectivity index (χ0n) is 18.4. The molecule has 5 nitrogen and oxygen atoms in total. The van der Waals surface area contributed by atoms with Crippen LogP contribution >= 0.6 is 0 Å². The van der Waals surface area contributed by atoms with Crippen molar-refractivity contribution >= 4 is 17.5 Å². The normalized spacial score (nSPS) is 13.9. The number of methoxy groups -OCH3 is 1. The molecular formula is C25H29NO4. The van der Waals surface area contributed by atoms with Crippen LogP contribution in [0.15, 0.2) is 30.3 Å². The smallest absolute Gasteiger partial charge is 0.437 e. The van der Waals surface area contributed by atoms with Crippen LogP contribution in [0.2, 0.25) is 0 Å². The highest BCUT2D eigenvalue weighted by Gasteiger charge is 2.22. The first-order valence-electron chi connectivity index (χ1n) is 10.4. The van der Waals surface area contributed by atoms with Crippen molar-refractivity contribution in [2.75, 3.05) is 7.11 Å². The van der Waals surface area contributed by atoms with Gasteiger partial charge in [0.15, 0.2) is 0 Å². The van der Waals surface area contributed by atoms with E-state index in [1.165, 1.54) is 12.7 Å². The molecule has 0 bridgehead atoms. The minimum Gasteiger partial charge on any atom is -0.437 e. The number of hydrogen-bond acceptors (Lipinski definition) is 5. The van der Waals surface area contributed by atoms with Gasteiger partial charge in [-0.2, -0.15) is 0 Å². The molecule has 1 heterocycles. The van der Waals surface area contributed by atoms with Gasteiger partial charge in [0.1, 0.15) is 11.5 Å². The third kappa shape index (κ3) is 4.78. The molecule has 0 saturated heterocycles. The molecule has 5 heteroatoms. The van der Waals surface area contributed by atoms with Crippen LogP contribution in [0, 0.1) is 13.8 Å². The fraction of sp³-hybridized carbons (Fsp3) is 0.400. The van der Waals surface area contributed by atoms with E-state index in [1.807, 2.05) is 19.9 Å². The Labute approximate surface area is 178 Å². The number of aromatic nitrogens is 1. The van der Waals surface area contributed by atoms with Crippen molar-refractivity contribution in [2.24, 2.45) is 0 Å². The second-order valence-corrected chi connectivity index (χ2v) is 8.07. The highest BCUT2D eigenvalue weighted by Crippen LogP contribution is 2.34. The fourth-order valence-corrected chi connectivity index (χ4v) is 3.77. The van der Waals surface area contributed by atoms with Crippen LogP contribution in [0.5, 0.6) is 5.75 Å². The van der Waals surface area contributed by atoms with Gasteiger partial charge in [-0.05, 0) is 42.9 Å². The molecular weight excluding hydrogens is 378 g/mol. The Bertz CT molecular complexity index is 987. The summed E-state index contributed by atoms with van der Waals surface area (Å²) in [6.07, 6.45) is 3.85. The Hall–Kier alpha value is -2.95. The number of ketones is 1. The van der Waals surface area contributed by atoms with E-state index < -0.39 is 6.16 Å². The highest BCUT2D eigenvalue weighted by atomic mass is 16.7. The summed E-state index contributed by atoms with van der Waals surface area (Å²) in [4.78, 5) is 28.1. The largest absolute Gasteiger partial charge is 0.513 e. The van der Waals surface area contributed by atoms with E-state index in [0.29, 0.717) is 30.8 Å². The van der Waals surface area contributed by atoms with Crippen LogP contribution in [0.3, 0.4) is 0 Å². The first kappa shape index (κ1) is 21.8. The number of rotatable bonds is 5. The van der Waals surface area contributed by atoms with Gasteiger partial charge in [-0.15, -0.1) is 0 Å². The summed E-state index contributed by atoms with van der Waals surface area (Å²) >= 11 is 0. The summed E-state index contributed by atoms with van der Waals surface area (Å²) in [7, 11) is 1.31. The number of Topliss-reactive ketones (excluding diaryl/α,β-unsaturated/α-hetero) is 1. The summed E-state index contributed by atoms with van der Waals surface area (Å²) in [5.41, 5.74) is 7.01. The lowest BCUT2D eigenvalue weighted by molar-refractivity contribution is -0.118. The predicted molar refractivity (Wildman–Crippen MR) is 117 cm³/mol. The van der Waals surface area contributed by atoms with Gasteiger partial charge < -0.3 is 9.47 Å². The van der Waals surface area contributed by atoms with Crippen molar-refractivity contribution < 1.29 is 19.1 Å². The van der Waals surface area contributed by atoms with Gasteiger partial charge in [0.05, 0.1) is 12.8 Å². The molecule has 158 valence electrons. The number of pyridine rings is 1. The fourth-order valence-electron chi connectivity index (χ4n) is 3.77. The van der Waals surface area contributed by atoms with Gasteiger partial charge in [-0.25, -0.2) is 4.79 Å². The van der Waals surface area contributed by atoms with Crippen LogP contribution in [-0.2, 0) is 16.0 Å². The van der Waals surface area contributed by atoms with Crippen LogP contribution in [0.25, 0.3) is 5.57 Å². The molecule has 0 unspecified atom stereocenters. The number of carbonyl (C=O) groups excluding carboxylic acids is 2. The zero-order chi connectivity index (χ0) is 21.8. The molecule has 0 aliphatic heterocycles. The van der Waals surface area contributed by atoms with E-state index in [2.05, 4.69) is 38.1 Å². The lowest BCUT2D eigenvalue weighted by atomic mass is 9.91. The summed E-state index contributed by atoms with van der Waals surface area (Å²) in [5, 5.41) is 0. The third-order valence-corrected chi connectivity index (χ3v) is 5.61. The maximum atomic E-state index is 11.9.